The maximum atomic E-state index is 12.8. The van der Waals surface area contributed by atoms with Crippen LogP contribution in [0.25, 0.3) is 17.0 Å². The van der Waals surface area contributed by atoms with E-state index in [4.69, 9.17) is 10.3 Å². The SMILES string of the molecule is Cc1noc(-c2cc3c(NC4CN(C(=O)C5(C#N)CC5)CC4C)c(C(N)=O)cnn3c2)n1. The molecule has 5 rings (SSSR count). The maximum Gasteiger partial charge on any atom is 0.259 e. The number of amides is 2. The molecule has 164 valence electrons. The first-order chi connectivity index (χ1) is 15.3. The number of nitriles is 1. The summed E-state index contributed by atoms with van der Waals surface area (Å²) in [5, 5.41) is 20.9. The first kappa shape index (κ1) is 20.0. The van der Waals surface area contributed by atoms with Gasteiger partial charge in [-0.1, -0.05) is 12.1 Å². The van der Waals surface area contributed by atoms with E-state index >= 15 is 0 Å². The highest BCUT2D eigenvalue weighted by Gasteiger charge is 2.54. The Morgan fingerprint density at radius 2 is 2.16 bits per heavy atom. The molecular formula is C21H22N8O3. The Labute approximate surface area is 183 Å². The largest absolute Gasteiger partial charge is 0.378 e. The van der Waals surface area contributed by atoms with Gasteiger partial charge in [0.15, 0.2) is 5.82 Å². The number of fused-ring (bicyclic) bond motifs is 1. The van der Waals surface area contributed by atoms with Crippen LogP contribution < -0.4 is 11.1 Å². The van der Waals surface area contributed by atoms with Crippen molar-refractivity contribution in [2.24, 2.45) is 17.1 Å². The minimum absolute atomic E-state index is 0.107. The highest BCUT2D eigenvalue weighted by atomic mass is 16.5. The summed E-state index contributed by atoms with van der Waals surface area (Å²) >= 11 is 0. The van der Waals surface area contributed by atoms with Gasteiger partial charge in [-0.05, 0) is 31.7 Å². The van der Waals surface area contributed by atoms with Crippen molar-refractivity contribution in [3.63, 3.8) is 0 Å². The molecule has 2 fully saturated rings. The summed E-state index contributed by atoms with van der Waals surface area (Å²) in [6.45, 7) is 4.74. The monoisotopic (exact) mass is 434 g/mol. The van der Waals surface area contributed by atoms with Crippen molar-refractivity contribution < 1.29 is 14.1 Å². The molecule has 1 aliphatic heterocycles. The van der Waals surface area contributed by atoms with Crippen molar-refractivity contribution >= 4 is 23.0 Å². The zero-order valence-electron chi connectivity index (χ0n) is 17.7. The van der Waals surface area contributed by atoms with Crippen LogP contribution >= 0.6 is 0 Å². The highest BCUT2D eigenvalue weighted by Crippen LogP contribution is 2.47. The van der Waals surface area contributed by atoms with Gasteiger partial charge in [0.25, 0.3) is 11.8 Å². The Hall–Kier alpha value is -3.94. The molecular weight excluding hydrogens is 412 g/mol. The second kappa shape index (κ2) is 7.05. The van der Waals surface area contributed by atoms with Crippen LogP contribution in [0.15, 0.2) is 23.0 Å². The molecule has 32 heavy (non-hydrogen) atoms. The van der Waals surface area contributed by atoms with E-state index in [0.717, 1.165) is 0 Å². The Morgan fingerprint density at radius 1 is 1.38 bits per heavy atom. The van der Waals surface area contributed by atoms with Crippen LogP contribution in [0, 0.1) is 29.6 Å². The molecule has 3 N–H and O–H groups in total. The summed E-state index contributed by atoms with van der Waals surface area (Å²) in [4.78, 5) is 30.9. The molecule has 2 aliphatic rings. The highest BCUT2D eigenvalue weighted by molar-refractivity contribution is 6.02. The van der Waals surface area contributed by atoms with Crippen LogP contribution in [-0.4, -0.2) is 55.6 Å². The number of rotatable bonds is 5. The van der Waals surface area contributed by atoms with Crippen molar-refractivity contribution in [1.29, 1.82) is 5.26 Å². The average Bonchev–Trinajstić information content (AvgIpc) is 3.05. The Morgan fingerprint density at radius 3 is 2.78 bits per heavy atom. The van der Waals surface area contributed by atoms with Crippen molar-refractivity contribution in [1.82, 2.24) is 24.7 Å². The second-order valence-electron chi connectivity index (χ2n) is 8.63. The molecule has 11 nitrogen and oxygen atoms in total. The number of carbonyl (C=O) groups is 2. The number of nitrogens with two attached hydrogens (primary N) is 1. The fourth-order valence-corrected chi connectivity index (χ4v) is 4.23. The van der Waals surface area contributed by atoms with Crippen LogP contribution in [0.3, 0.4) is 0 Å². The van der Waals surface area contributed by atoms with Crippen molar-refractivity contribution in [3.8, 4) is 17.5 Å². The quantitative estimate of drug-likeness (QED) is 0.610. The van der Waals surface area contributed by atoms with Gasteiger partial charge in [0, 0.05) is 25.3 Å². The molecule has 4 heterocycles. The number of aromatic nitrogens is 4. The Balaban J connectivity index is 1.48. The van der Waals surface area contributed by atoms with E-state index < -0.39 is 11.3 Å². The number of hydrogen-bond acceptors (Lipinski definition) is 8. The van der Waals surface area contributed by atoms with Crippen LogP contribution in [0.1, 0.15) is 35.9 Å². The van der Waals surface area contributed by atoms with E-state index in [1.165, 1.54) is 6.20 Å². The zero-order chi connectivity index (χ0) is 22.6. The molecule has 1 aliphatic carbocycles. The Bertz CT molecular complexity index is 1280. The number of nitrogens with zero attached hydrogens (tertiary/aromatic N) is 6. The molecule has 2 atom stereocenters. The normalized spacial score (nSPS) is 21.5. The fourth-order valence-electron chi connectivity index (χ4n) is 4.23. The lowest BCUT2D eigenvalue weighted by atomic mass is 10.1. The van der Waals surface area contributed by atoms with Crippen molar-refractivity contribution in [2.75, 3.05) is 18.4 Å². The van der Waals surface area contributed by atoms with E-state index in [0.29, 0.717) is 54.4 Å². The third-order valence-electron chi connectivity index (χ3n) is 6.28. The molecule has 1 saturated carbocycles. The molecule has 0 radical (unpaired) electrons. The van der Waals surface area contributed by atoms with Crippen molar-refractivity contribution in [2.45, 2.75) is 32.7 Å². The van der Waals surface area contributed by atoms with Gasteiger partial charge in [0.1, 0.15) is 5.41 Å². The van der Waals surface area contributed by atoms with E-state index in [1.54, 1.807) is 28.6 Å². The number of likely N-dealkylation sites (tertiary alicyclic amines) is 1. The molecule has 0 spiro atoms. The van der Waals surface area contributed by atoms with Crippen LogP contribution in [0.2, 0.25) is 0 Å². The summed E-state index contributed by atoms with van der Waals surface area (Å²) in [7, 11) is 0. The van der Waals surface area contributed by atoms with Gasteiger partial charge in [-0.3, -0.25) is 9.59 Å². The minimum atomic E-state index is -0.852. The number of anilines is 1. The van der Waals surface area contributed by atoms with Gasteiger partial charge in [0.05, 0.1) is 34.6 Å². The van der Waals surface area contributed by atoms with E-state index in [9.17, 15) is 14.9 Å². The van der Waals surface area contributed by atoms with Crippen LogP contribution in [0.5, 0.6) is 0 Å². The van der Waals surface area contributed by atoms with Gasteiger partial charge in [-0.2, -0.15) is 15.3 Å². The molecule has 2 amide bonds. The zero-order valence-corrected chi connectivity index (χ0v) is 17.7. The summed E-state index contributed by atoms with van der Waals surface area (Å²) < 4.78 is 6.86. The van der Waals surface area contributed by atoms with Crippen molar-refractivity contribution in [3.05, 3.63) is 29.8 Å². The van der Waals surface area contributed by atoms with Gasteiger partial charge in [-0.25, -0.2) is 4.52 Å². The predicted octanol–water partition coefficient (Wildman–Crippen LogP) is 1.35. The topological polar surface area (TPSA) is 155 Å². The summed E-state index contributed by atoms with van der Waals surface area (Å²) in [6, 6.07) is 3.85. The van der Waals surface area contributed by atoms with Gasteiger partial charge in [0.2, 0.25) is 5.91 Å². The second-order valence-corrected chi connectivity index (χ2v) is 8.63. The predicted molar refractivity (Wildman–Crippen MR) is 112 cm³/mol. The van der Waals surface area contributed by atoms with Gasteiger partial charge < -0.3 is 20.5 Å². The lowest BCUT2D eigenvalue weighted by molar-refractivity contribution is -0.134. The van der Waals surface area contributed by atoms with Gasteiger partial charge in [-0.15, -0.1) is 0 Å². The number of nitrogens with one attached hydrogen (secondary N) is 1. The molecule has 2 unspecified atom stereocenters. The number of carbonyl (C=O) groups excluding carboxylic acids is 2. The summed E-state index contributed by atoms with van der Waals surface area (Å²) in [5.41, 5.74) is 6.83. The van der Waals surface area contributed by atoms with Crippen LogP contribution in [-0.2, 0) is 4.79 Å². The Kier molecular flexibility index (Phi) is 4.40. The van der Waals surface area contributed by atoms with E-state index in [-0.39, 0.29) is 23.4 Å². The summed E-state index contributed by atoms with van der Waals surface area (Å²) in [5.74, 6) is 0.240. The molecule has 3 aromatic heterocycles. The third-order valence-corrected chi connectivity index (χ3v) is 6.28. The minimum Gasteiger partial charge on any atom is -0.378 e. The van der Waals surface area contributed by atoms with E-state index in [2.05, 4.69) is 26.6 Å². The first-order valence-electron chi connectivity index (χ1n) is 10.4. The first-order valence-corrected chi connectivity index (χ1v) is 10.4. The third kappa shape index (κ3) is 3.15. The number of hydrogen-bond donors (Lipinski definition) is 2. The van der Waals surface area contributed by atoms with E-state index in [1.807, 2.05) is 6.92 Å². The lowest BCUT2D eigenvalue weighted by Gasteiger charge is -2.21. The van der Waals surface area contributed by atoms with Gasteiger partial charge >= 0.3 is 0 Å². The molecule has 0 bridgehead atoms. The number of aryl methyl sites for hydroxylation is 1. The molecule has 3 aromatic rings. The lowest BCUT2D eigenvalue weighted by Crippen LogP contribution is -2.36. The van der Waals surface area contributed by atoms with Crippen LogP contribution in [0.4, 0.5) is 5.69 Å². The standard InChI is InChI=1S/C21H22N8O3/c1-11-7-28(20(31)21(10-22)3-4-21)9-15(11)26-17-14(18(23)30)6-24-29-8-13(5-16(17)29)19-25-12(2)27-32-19/h5-6,8,11,15,26H,3-4,7,9H2,1-2H3,(H2,23,30). The maximum absolute atomic E-state index is 12.8. The molecule has 0 aromatic carbocycles. The smallest absolute Gasteiger partial charge is 0.259 e. The molecule has 11 heteroatoms. The fraction of sp³-hybridized carbons (Fsp3) is 0.429. The number of primary amides is 1. The average molecular weight is 434 g/mol. The molecule has 1 saturated heterocycles. The summed E-state index contributed by atoms with van der Waals surface area (Å²) in [6.07, 6.45) is 4.38.